The zero-order valence-electron chi connectivity index (χ0n) is 11.6. The Morgan fingerprint density at radius 1 is 1.43 bits per heavy atom. The Morgan fingerprint density at radius 3 is 2.81 bits per heavy atom. The molecule has 8 heteroatoms. The lowest BCUT2D eigenvalue weighted by Gasteiger charge is -2.10. The van der Waals surface area contributed by atoms with Crippen molar-refractivity contribution in [2.75, 3.05) is 13.1 Å². The first kappa shape index (κ1) is 19.4. The topological polar surface area (TPSA) is 85.8 Å². The average molecular weight is 332 g/mol. The molecule has 1 atom stereocenters. The maximum Gasteiger partial charge on any atom is 0.269 e. The van der Waals surface area contributed by atoms with Crippen LogP contribution in [0.5, 0.6) is 0 Å². The van der Waals surface area contributed by atoms with E-state index >= 15 is 0 Å². The molecule has 2 rings (SSSR count). The van der Waals surface area contributed by atoms with Crippen molar-refractivity contribution in [3.8, 4) is 5.69 Å². The summed E-state index contributed by atoms with van der Waals surface area (Å²) in [4.78, 5) is 16.0. The van der Waals surface area contributed by atoms with E-state index in [1.54, 1.807) is 29.2 Å². The fourth-order valence-corrected chi connectivity index (χ4v) is 1.55. The summed E-state index contributed by atoms with van der Waals surface area (Å²) in [6.07, 6.45) is 5.09. The number of amides is 1. The van der Waals surface area contributed by atoms with Gasteiger partial charge >= 0.3 is 0 Å². The molecule has 0 saturated heterocycles. The summed E-state index contributed by atoms with van der Waals surface area (Å²) in [6.45, 7) is 3.07. The van der Waals surface area contributed by atoms with Crippen molar-refractivity contribution < 1.29 is 4.79 Å². The number of carbonyl (C=O) groups excluding carboxylic acids is 1. The third kappa shape index (κ3) is 5.34. The van der Waals surface area contributed by atoms with Crippen LogP contribution in [0, 0.1) is 5.92 Å². The molecular weight excluding hydrogens is 313 g/mol. The summed E-state index contributed by atoms with van der Waals surface area (Å²) >= 11 is 0. The number of rotatable bonds is 5. The number of halogens is 2. The van der Waals surface area contributed by atoms with Crippen LogP contribution in [0.1, 0.15) is 17.4 Å². The Hall–Kier alpha value is -1.63. The molecule has 0 spiro atoms. The number of nitrogens with two attached hydrogens (primary N) is 1. The van der Waals surface area contributed by atoms with Gasteiger partial charge in [-0.3, -0.25) is 9.78 Å². The standard InChI is InChI=1S/C13H17N5O.2ClH/c1-10(8-14)9-16-13(19)12-7-11(3-5-15-12)18-6-2-4-17-18;;/h2-7,10H,8-9,14H2,1H3,(H,16,19);2*1H. The predicted molar refractivity (Wildman–Crippen MR) is 86.4 cm³/mol. The van der Waals surface area contributed by atoms with Crippen molar-refractivity contribution in [2.45, 2.75) is 6.92 Å². The van der Waals surface area contributed by atoms with Gasteiger partial charge in [0.1, 0.15) is 5.69 Å². The monoisotopic (exact) mass is 331 g/mol. The Bertz CT molecular complexity index is 547. The predicted octanol–water partition coefficient (Wildman–Crippen LogP) is 1.44. The summed E-state index contributed by atoms with van der Waals surface area (Å²) in [5.74, 6) is 0.0487. The van der Waals surface area contributed by atoms with Crippen LogP contribution in [0.2, 0.25) is 0 Å². The van der Waals surface area contributed by atoms with Crippen molar-refractivity contribution in [3.63, 3.8) is 0 Å². The lowest BCUT2D eigenvalue weighted by atomic mass is 10.2. The number of nitrogens with zero attached hydrogens (tertiary/aromatic N) is 3. The number of hydrogen-bond donors (Lipinski definition) is 2. The molecule has 0 aromatic carbocycles. The molecule has 0 saturated carbocycles. The first-order valence-corrected chi connectivity index (χ1v) is 6.15. The van der Waals surface area contributed by atoms with E-state index in [1.807, 2.05) is 19.2 Å². The van der Waals surface area contributed by atoms with Gasteiger partial charge in [0, 0.05) is 25.1 Å². The summed E-state index contributed by atoms with van der Waals surface area (Å²) in [5, 5.41) is 6.93. The molecule has 6 nitrogen and oxygen atoms in total. The molecule has 0 bridgehead atoms. The summed E-state index contributed by atoms with van der Waals surface area (Å²) in [5.41, 5.74) is 6.68. The van der Waals surface area contributed by atoms with Crippen LogP contribution in [0.4, 0.5) is 0 Å². The van der Waals surface area contributed by atoms with Gasteiger partial charge in [-0.15, -0.1) is 24.8 Å². The van der Waals surface area contributed by atoms with Gasteiger partial charge in [-0.1, -0.05) is 6.92 Å². The Morgan fingerprint density at radius 2 is 2.19 bits per heavy atom. The minimum Gasteiger partial charge on any atom is -0.350 e. The van der Waals surface area contributed by atoms with E-state index in [9.17, 15) is 4.79 Å². The fraction of sp³-hybridized carbons (Fsp3) is 0.308. The van der Waals surface area contributed by atoms with Crippen LogP contribution >= 0.6 is 24.8 Å². The lowest BCUT2D eigenvalue weighted by molar-refractivity contribution is 0.0943. The molecule has 1 unspecified atom stereocenters. The second-order valence-electron chi connectivity index (χ2n) is 4.40. The summed E-state index contributed by atoms with van der Waals surface area (Å²) in [7, 11) is 0. The van der Waals surface area contributed by atoms with E-state index in [0.717, 1.165) is 5.69 Å². The van der Waals surface area contributed by atoms with Gasteiger partial charge in [-0.25, -0.2) is 4.68 Å². The molecule has 3 N–H and O–H groups in total. The molecule has 2 aromatic heterocycles. The van der Waals surface area contributed by atoms with Gasteiger partial charge in [-0.05, 0) is 30.7 Å². The van der Waals surface area contributed by atoms with Gasteiger partial charge in [0.05, 0.1) is 5.69 Å². The molecule has 0 fully saturated rings. The highest BCUT2D eigenvalue weighted by Gasteiger charge is 2.09. The zero-order valence-corrected chi connectivity index (χ0v) is 13.2. The molecule has 21 heavy (non-hydrogen) atoms. The maximum atomic E-state index is 11.9. The minimum atomic E-state index is -0.200. The van der Waals surface area contributed by atoms with E-state index in [2.05, 4.69) is 15.4 Å². The van der Waals surface area contributed by atoms with E-state index in [4.69, 9.17) is 5.73 Å². The third-order valence-corrected chi connectivity index (χ3v) is 2.76. The normalized spacial score (nSPS) is 11.0. The number of carbonyl (C=O) groups is 1. The van der Waals surface area contributed by atoms with E-state index in [1.165, 1.54) is 0 Å². The smallest absolute Gasteiger partial charge is 0.269 e. The van der Waals surface area contributed by atoms with Crippen LogP contribution < -0.4 is 11.1 Å². The molecule has 2 aromatic rings. The Labute approximate surface area is 135 Å². The van der Waals surface area contributed by atoms with Gasteiger partial charge in [-0.2, -0.15) is 5.10 Å². The fourth-order valence-electron chi connectivity index (χ4n) is 1.55. The first-order chi connectivity index (χ1) is 9.20. The molecule has 0 aliphatic heterocycles. The maximum absolute atomic E-state index is 11.9. The highest BCUT2D eigenvalue weighted by Crippen LogP contribution is 2.07. The van der Waals surface area contributed by atoms with Crippen LogP contribution in [0.15, 0.2) is 36.8 Å². The molecule has 116 valence electrons. The SMILES string of the molecule is CC(CN)CNC(=O)c1cc(-n2cccn2)ccn1.Cl.Cl. The molecule has 1 amide bonds. The summed E-state index contributed by atoms with van der Waals surface area (Å²) in [6, 6.07) is 5.32. The number of pyridine rings is 1. The van der Waals surface area contributed by atoms with Crippen molar-refractivity contribution in [3.05, 3.63) is 42.5 Å². The molecular formula is C13H19Cl2N5O. The van der Waals surface area contributed by atoms with Gasteiger partial charge in [0.15, 0.2) is 0 Å². The van der Waals surface area contributed by atoms with E-state index in [-0.39, 0.29) is 36.6 Å². The largest absolute Gasteiger partial charge is 0.350 e. The number of nitrogens with one attached hydrogen (secondary N) is 1. The third-order valence-electron chi connectivity index (χ3n) is 2.76. The molecule has 0 radical (unpaired) electrons. The van der Waals surface area contributed by atoms with Gasteiger partial charge in [0.2, 0.25) is 0 Å². The van der Waals surface area contributed by atoms with Gasteiger partial charge < -0.3 is 11.1 Å². The minimum absolute atomic E-state index is 0. The van der Waals surface area contributed by atoms with Gasteiger partial charge in [0.25, 0.3) is 5.91 Å². The molecule has 0 aliphatic carbocycles. The van der Waals surface area contributed by atoms with Crippen LogP contribution in [-0.4, -0.2) is 33.8 Å². The highest BCUT2D eigenvalue weighted by atomic mass is 35.5. The molecule has 0 aliphatic rings. The average Bonchev–Trinajstić information content (AvgIpc) is 2.98. The van der Waals surface area contributed by atoms with Crippen molar-refractivity contribution >= 4 is 30.7 Å². The van der Waals surface area contributed by atoms with E-state index < -0.39 is 0 Å². The van der Waals surface area contributed by atoms with E-state index in [0.29, 0.717) is 18.8 Å². The Balaban J connectivity index is 0.00000200. The van der Waals surface area contributed by atoms with Crippen LogP contribution in [-0.2, 0) is 0 Å². The first-order valence-electron chi connectivity index (χ1n) is 6.15. The second kappa shape index (κ2) is 9.33. The van der Waals surface area contributed by atoms with Crippen LogP contribution in [0.25, 0.3) is 5.69 Å². The zero-order chi connectivity index (χ0) is 13.7. The molecule has 2 heterocycles. The highest BCUT2D eigenvalue weighted by molar-refractivity contribution is 5.92. The van der Waals surface area contributed by atoms with Crippen molar-refractivity contribution in [1.29, 1.82) is 0 Å². The summed E-state index contributed by atoms with van der Waals surface area (Å²) < 4.78 is 1.68. The Kier molecular flexibility index (Phi) is 8.61. The van der Waals surface area contributed by atoms with Crippen LogP contribution in [0.3, 0.4) is 0 Å². The lowest BCUT2D eigenvalue weighted by Crippen LogP contribution is -2.31. The van der Waals surface area contributed by atoms with Crippen molar-refractivity contribution in [1.82, 2.24) is 20.1 Å². The quantitative estimate of drug-likeness (QED) is 0.867. The number of hydrogen-bond acceptors (Lipinski definition) is 4. The number of aromatic nitrogens is 3. The second-order valence-corrected chi connectivity index (χ2v) is 4.40. The van der Waals surface area contributed by atoms with Crippen molar-refractivity contribution in [2.24, 2.45) is 11.7 Å².